The summed E-state index contributed by atoms with van der Waals surface area (Å²) < 4.78 is 5.63. The molecule has 1 aromatic heterocycles. The Morgan fingerprint density at radius 1 is 1.45 bits per heavy atom. The molecule has 0 spiro atoms. The number of fused-ring (bicyclic) bond motifs is 1. The van der Waals surface area contributed by atoms with Gasteiger partial charge in [0.15, 0.2) is 0 Å². The predicted molar refractivity (Wildman–Crippen MR) is 83.3 cm³/mol. The van der Waals surface area contributed by atoms with E-state index in [-0.39, 0.29) is 0 Å². The van der Waals surface area contributed by atoms with Gasteiger partial charge >= 0.3 is 0 Å². The van der Waals surface area contributed by atoms with Gasteiger partial charge in [0.25, 0.3) is 0 Å². The van der Waals surface area contributed by atoms with Crippen molar-refractivity contribution in [2.24, 2.45) is 5.92 Å². The van der Waals surface area contributed by atoms with E-state index in [0.717, 1.165) is 18.2 Å². The average Bonchev–Trinajstić information content (AvgIpc) is 2.92. The van der Waals surface area contributed by atoms with Crippen LogP contribution in [-0.4, -0.2) is 30.1 Å². The van der Waals surface area contributed by atoms with E-state index in [4.69, 9.17) is 4.74 Å². The van der Waals surface area contributed by atoms with Crippen molar-refractivity contribution in [3.8, 4) is 5.75 Å². The highest BCUT2D eigenvalue weighted by molar-refractivity contribution is 5.88. The summed E-state index contributed by atoms with van der Waals surface area (Å²) in [4.78, 5) is 5.91. The monoisotopic (exact) mass is 272 g/mol. The Balaban J connectivity index is 1.97. The number of nitrogens with one attached hydrogen (secondary N) is 1. The molecule has 20 heavy (non-hydrogen) atoms. The molecule has 1 aliphatic rings. The number of methoxy groups -OCH3 is 1. The Morgan fingerprint density at radius 3 is 3.05 bits per heavy atom. The first kappa shape index (κ1) is 13.5. The van der Waals surface area contributed by atoms with Gasteiger partial charge in [-0.3, -0.25) is 4.90 Å². The van der Waals surface area contributed by atoms with E-state index in [1.165, 1.54) is 48.0 Å². The second-order valence-electron chi connectivity index (χ2n) is 6.12. The third-order valence-corrected chi connectivity index (χ3v) is 4.45. The van der Waals surface area contributed by atoms with Crippen molar-refractivity contribution in [3.05, 3.63) is 29.5 Å². The molecular weight excluding hydrogens is 248 g/mol. The van der Waals surface area contributed by atoms with E-state index >= 15 is 0 Å². The van der Waals surface area contributed by atoms with Crippen LogP contribution in [0.15, 0.2) is 18.3 Å². The van der Waals surface area contributed by atoms with Gasteiger partial charge in [0, 0.05) is 35.8 Å². The van der Waals surface area contributed by atoms with Crippen LogP contribution in [0, 0.1) is 12.8 Å². The molecule has 1 aromatic carbocycles. The number of piperidine rings is 1. The Bertz CT molecular complexity index is 602. The average molecular weight is 272 g/mol. The maximum atomic E-state index is 5.63. The summed E-state index contributed by atoms with van der Waals surface area (Å²) >= 11 is 0. The summed E-state index contributed by atoms with van der Waals surface area (Å²) in [6.45, 7) is 7.87. The molecule has 1 atom stereocenters. The Morgan fingerprint density at radius 2 is 2.30 bits per heavy atom. The summed E-state index contributed by atoms with van der Waals surface area (Å²) in [6.07, 6.45) is 4.70. The molecule has 1 unspecified atom stereocenters. The fourth-order valence-electron chi connectivity index (χ4n) is 3.43. The van der Waals surface area contributed by atoms with Crippen molar-refractivity contribution in [1.82, 2.24) is 9.88 Å². The standard InChI is InChI=1S/C17H24N2O/c1-12-5-4-8-19(10-12)11-15-14-6-7-18-17(14)13(2)9-16(15)20-3/h6-7,9,12,18H,4-5,8,10-11H2,1-3H3. The molecule has 0 saturated carbocycles. The van der Waals surface area contributed by atoms with E-state index in [2.05, 4.69) is 35.9 Å². The van der Waals surface area contributed by atoms with Gasteiger partial charge in [0.2, 0.25) is 0 Å². The number of H-pyrrole nitrogens is 1. The number of nitrogens with zero attached hydrogens (tertiary/aromatic N) is 1. The van der Waals surface area contributed by atoms with Crippen LogP contribution in [-0.2, 0) is 6.54 Å². The van der Waals surface area contributed by atoms with Crippen LogP contribution < -0.4 is 4.74 Å². The van der Waals surface area contributed by atoms with Crippen LogP contribution in [0.25, 0.3) is 10.9 Å². The zero-order valence-electron chi connectivity index (χ0n) is 12.7. The molecule has 2 aromatic rings. The van der Waals surface area contributed by atoms with E-state index < -0.39 is 0 Å². The Hall–Kier alpha value is -1.48. The quantitative estimate of drug-likeness (QED) is 0.922. The molecule has 0 bridgehead atoms. The molecule has 3 rings (SSSR count). The van der Waals surface area contributed by atoms with Gasteiger partial charge < -0.3 is 9.72 Å². The third-order valence-electron chi connectivity index (χ3n) is 4.45. The summed E-state index contributed by atoms with van der Waals surface area (Å²) in [6, 6.07) is 4.33. The molecule has 2 heterocycles. The minimum Gasteiger partial charge on any atom is -0.496 e. The third kappa shape index (κ3) is 2.42. The van der Waals surface area contributed by atoms with Crippen molar-refractivity contribution in [2.75, 3.05) is 20.2 Å². The highest BCUT2D eigenvalue weighted by Gasteiger charge is 2.20. The largest absolute Gasteiger partial charge is 0.496 e. The predicted octanol–water partition coefficient (Wildman–Crippen LogP) is 3.72. The van der Waals surface area contributed by atoms with Gasteiger partial charge in [0.1, 0.15) is 5.75 Å². The lowest BCUT2D eigenvalue weighted by molar-refractivity contribution is 0.175. The number of ether oxygens (including phenoxy) is 1. The summed E-state index contributed by atoms with van der Waals surface area (Å²) in [7, 11) is 1.77. The number of benzene rings is 1. The molecule has 0 radical (unpaired) electrons. The number of hydrogen-bond donors (Lipinski definition) is 1. The van der Waals surface area contributed by atoms with E-state index in [1.54, 1.807) is 7.11 Å². The highest BCUT2D eigenvalue weighted by atomic mass is 16.5. The molecule has 1 N–H and O–H groups in total. The van der Waals surface area contributed by atoms with Crippen LogP contribution in [0.1, 0.15) is 30.9 Å². The number of aromatic amines is 1. The van der Waals surface area contributed by atoms with Crippen LogP contribution >= 0.6 is 0 Å². The van der Waals surface area contributed by atoms with Crippen LogP contribution in [0.5, 0.6) is 5.75 Å². The first-order chi connectivity index (χ1) is 9.69. The number of aromatic nitrogens is 1. The summed E-state index contributed by atoms with van der Waals surface area (Å²) in [5.41, 5.74) is 3.81. The van der Waals surface area contributed by atoms with Gasteiger partial charge in [-0.15, -0.1) is 0 Å². The molecule has 3 heteroatoms. The molecule has 0 amide bonds. The first-order valence-electron chi connectivity index (χ1n) is 7.55. The molecule has 1 fully saturated rings. The van der Waals surface area contributed by atoms with Gasteiger partial charge in [-0.1, -0.05) is 6.92 Å². The van der Waals surface area contributed by atoms with Crippen molar-refractivity contribution >= 4 is 10.9 Å². The second-order valence-corrected chi connectivity index (χ2v) is 6.12. The Kier molecular flexibility index (Phi) is 3.70. The summed E-state index contributed by atoms with van der Waals surface area (Å²) in [5.74, 6) is 1.83. The van der Waals surface area contributed by atoms with E-state index in [9.17, 15) is 0 Å². The lowest BCUT2D eigenvalue weighted by Crippen LogP contribution is -2.33. The number of likely N-dealkylation sites (tertiary alicyclic amines) is 1. The van der Waals surface area contributed by atoms with Crippen LogP contribution in [0.4, 0.5) is 0 Å². The van der Waals surface area contributed by atoms with Crippen LogP contribution in [0.2, 0.25) is 0 Å². The van der Waals surface area contributed by atoms with Gasteiger partial charge in [-0.2, -0.15) is 0 Å². The van der Waals surface area contributed by atoms with E-state index in [1.807, 2.05) is 6.20 Å². The SMILES string of the molecule is COc1cc(C)c2[nH]ccc2c1CN1CCCC(C)C1. The molecule has 1 saturated heterocycles. The molecule has 1 aliphatic heterocycles. The molecule has 108 valence electrons. The molecule has 0 aliphatic carbocycles. The lowest BCUT2D eigenvalue weighted by Gasteiger charge is -2.31. The van der Waals surface area contributed by atoms with Crippen molar-refractivity contribution < 1.29 is 4.74 Å². The zero-order chi connectivity index (χ0) is 14.1. The Labute approximate surface area is 120 Å². The van der Waals surface area contributed by atoms with Crippen molar-refractivity contribution in [2.45, 2.75) is 33.2 Å². The minimum absolute atomic E-state index is 0.807. The zero-order valence-corrected chi connectivity index (χ0v) is 12.7. The minimum atomic E-state index is 0.807. The number of rotatable bonds is 3. The topological polar surface area (TPSA) is 28.3 Å². The lowest BCUT2D eigenvalue weighted by atomic mass is 9.98. The summed E-state index contributed by atoms with van der Waals surface area (Å²) in [5, 5.41) is 1.31. The first-order valence-corrected chi connectivity index (χ1v) is 7.55. The fourth-order valence-corrected chi connectivity index (χ4v) is 3.43. The van der Waals surface area contributed by atoms with Crippen LogP contribution in [0.3, 0.4) is 0 Å². The van der Waals surface area contributed by atoms with E-state index in [0.29, 0.717) is 0 Å². The normalized spacial score (nSPS) is 20.4. The second kappa shape index (κ2) is 5.49. The smallest absolute Gasteiger partial charge is 0.124 e. The van der Waals surface area contributed by atoms with Gasteiger partial charge in [0.05, 0.1) is 7.11 Å². The van der Waals surface area contributed by atoms with Gasteiger partial charge in [-0.25, -0.2) is 0 Å². The number of aryl methyl sites for hydroxylation is 1. The van der Waals surface area contributed by atoms with Gasteiger partial charge in [-0.05, 0) is 49.9 Å². The van der Waals surface area contributed by atoms with Crippen molar-refractivity contribution in [1.29, 1.82) is 0 Å². The maximum absolute atomic E-state index is 5.63. The number of hydrogen-bond acceptors (Lipinski definition) is 2. The molecule has 3 nitrogen and oxygen atoms in total. The molecular formula is C17H24N2O. The maximum Gasteiger partial charge on any atom is 0.124 e. The fraction of sp³-hybridized carbons (Fsp3) is 0.529. The highest BCUT2D eigenvalue weighted by Crippen LogP contribution is 2.32. The van der Waals surface area contributed by atoms with Crippen molar-refractivity contribution in [3.63, 3.8) is 0 Å².